The highest BCUT2D eigenvalue weighted by Gasteiger charge is 2.33. The highest BCUT2D eigenvalue weighted by molar-refractivity contribution is 6.36. The van der Waals surface area contributed by atoms with Gasteiger partial charge in [-0.1, -0.05) is 35.3 Å². The summed E-state index contributed by atoms with van der Waals surface area (Å²) < 4.78 is 42.0. The number of nitrogens with one attached hydrogen (secondary N) is 4. The quantitative estimate of drug-likeness (QED) is 0.143. The van der Waals surface area contributed by atoms with E-state index in [1.54, 1.807) is 6.07 Å². The van der Waals surface area contributed by atoms with E-state index in [0.29, 0.717) is 44.1 Å². The number of pyridine rings is 1. The first-order valence-electron chi connectivity index (χ1n) is 15.7. The Morgan fingerprint density at radius 3 is 2.33 bits per heavy atom. The van der Waals surface area contributed by atoms with E-state index < -0.39 is 6.36 Å². The van der Waals surface area contributed by atoms with Crippen LogP contribution in [0, 0.1) is 11.3 Å². The Bertz CT molecular complexity index is 1880. The molecule has 6 rings (SSSR count). The van der Waals surface area contributed by atoms with Crippen molar-refractivity contribution in [3.8, 4) is 11.8 Å². The number of alkyl halides is 3. The number of halogens is 5. The second-order valence-corrected chi connectivity index (χ2v) is 13.8. The minimum Gasteiger partial charge on any atom is -0.406 e. The number of nitrogens with zero attached hydrogens (tertiary/aromatic N) is 4. The van der Waals surface area contributed by atoms with Crippen molar-refractivity contribution < 1.29 is 17.9 Å². The molecule has 9 nitrogen and oxygen atoms in total. The number of nitriles is 1. The molecule has 1 fully saturated rings. The topological polar surface area (TPSA) is 101 Å². The second kappa shape index (κ2) is 13.8. The van der Waals surface area contributed by atoms with E-state index >= 15 is 0 Å². The Morgan fingerprint density at radius 2 is 1.69 bits per heavy atom. The Balaban J connectivity index is 1.31. The molecule has 0 radical (unpaired) electrons. The van der Waals surface area contributed by atoms with E-state index in [-0.39, 0.29) is 22.9 Å². The van der Waals surface area contributed by atoms with Crippen LogP contribution in [0.25, 0.3) is 10.9 Å². The molecule has 0 spiro atoms. The predicted molar refractivity (Wildman–Crippen MR) is 186 cm³/mol. The van der Waals surface area contributed by atoms with Gasteiger partial charge >= 0.3 is 6.36 Å². The molecule has 4 aromatic rings. The van der Waals surface area contributed by atoms with Crippen molar-refractivity contribution in [1.82, 2.24) is 25.9 Å². The molecule has 1 aromatic heterocycles. The molecular formula is C35H35Cl2F3N8O. The summed E-state index contributed by atoms with van der Waals surface area (Å²) in [6, 6.07) is 18.5. The van der Waals surface area contributed by atoms with Crippen molar-refractivity contribution in [3.05, 3.63) is 99.9 Å². The Morgan fingerprint density at radius 1 is 1.00 bits per heavy atom. The number of hydrazine groups is 2. The fraction of sp³-hybridized carbons (Fsp3) is 0.314. The average Bonchev–Trinajstić information content (AvgIpc) is 3.54. The Hall–Kier alpha value is -4.41. The zero-order valence-electron chi connectivity index (χ0n) is 27.0. The summed E-state index contributed by atoms with van der Waals surface area (Å²) in [6.45, 7) is 8.74. The third-order valence-electron chi connectivity index (χ3n) is 8.64. The van der Waals surface area contributed by atoms with Crippen LogP contribution < -0.4 is 26.3 Å². The zero-order chi connectivity index (χ0) is 34.9. The first kappa shape index (κ1) is 34.5. The summed E-state index contributed by atoms with van der Waals surface area (Å²) >= 11 is 13.0. The van der Waals surface area contributed by atoms with E-state index in [4.69, 9.17) is 23.2 Å². The number of benzene rings is 3. The molecule has 0 bridgehead atoms. The fourth-order valence-corrected chi connectivity index (χ4v) is 6.51. The van der Waals surface area contributed by atoms with Gasteiger partial charge in [0.2, 0.25) is 0 Å². The molecular weight excluding hydrogens is 676 g/mol. The summed E-state index contributed by atoms with van der Waals surface area (Å²) in [5.74, 6) is -0.362. The molecule has 256 valence electrons. The summed E-state index contributed by atoms with van der Waals surface area (Å²) in [5.41, 5.74) is 10.8. The molecule has 2 aliphatic heterocycles. The molecule has 1 atom stereocenters. The molecule has 49 heavy (non-hydrogen) atoms. The number of likely N-dealkylation sites (tertiary alicyclic amines) is 1. The molecule has 2 aliphatic rings. The summed E-state index contributed by atoms with van der Waals surface area (Å²) in [7, 11) is 0. The molecule has 0 unspecified atom stereocenters. The van der Waals surface area contributed by atoms with Gasteiger partial charge in [-0.2, -0.15) is 5.26 Å². The van der Waals surface area contributed by atoms with Gasteiger partial charge in [0, 0.05) is 58.9 Å². The lowest BCUT2D eigenvalue weighted by Gasteiger charge is -2.42. The third kappa shape index (κ3) is 8.08. The number of anilines is 3. The van der Waals surface area contributed by atoms with Crippen LogP contribution in [0.1, 0.15) is 50.8 Å². The van der Waals surface area contributed by atoms with Crippen LogP contribution in [0.3, 0.4) is 0 Å². The summed E-state index contributed by atoms with van der Waals surface area (Å²) in [4.78, 5) is 6.94. The number of fused-ring (bicyclic) bond motifs is 1. The first-order valence-corrected chi connectivity index (χ1v) is 16.5. The van der Waals surface area contributed by atoms with Gasteiger partial charge in [0.25, 0.3) is 0 Å². The van der Waals surface area contributed by atoms with Gasteiger partial charge in [0.1, 0.15) is 11.8 Å². The lowest BCUT2D eigenvalue weighted by Crippen LogP contribution is -2.52. The molecule has 3 heterocycles. The monoisotopic (exact) mass is 710 g/mol. The van der Waals surface area contributed by atoms with Crippen LogP contribution in [-0.2, 0) is 0 Å². The maximum absolute atomic E-state index is 12.7. The van der Waals surface area contributed by atoms with Crippen molar-refractivity contribution in [2.75, 3.05) is 23.7 Å². The second-order valence-electron chi connectivity index (χ2n) is 13.0. The fourth-order valence-electron chi connectivity index (χ4n) is 6.11. The van der Waals surface area contributed by atoms with E-state index in [1.165, 1.54) is 30.5 Å². The van der Waals surface area contributed by atoms with Gasteiger partial charge in [0.05, 0.1) is 33.5 Å². The van der Waals surface area contributed by atoms with Crippen LogP contribution >= 0.6 is 23.2 Å². The SMILES string of the molecule is CC(C)(C)N1CCC(N2C=C([C@@H](Nc3cc(Cl)c4ncc(C#N)c(Nc5ccc(OC(F)(F)F)cc5)c4c3)c3ccc(Cl)cc3)NN2)CC1. The van der Waals surface area contributed by atoms with Gasteiger partial charge in [0.15, 0.2) is 0 Å². The van der Waals surface area contributed by atoms with Crippen molar-refractivity contribution in [3.63, 3.8) is 0 Å². The maximum Gasteiger partial charge on any atom is 0.573 e. The van der Waals surface area contributed by atoms with E-state index in [0.717, 1.165) is 37.2 Å². The number of piperidine rings is 1. The Kier molecular flexibility index (Phi) is 9.73. The van der Waals surface area contributed by atoms with Gasteiger partial charge in [-0.25, -0.2) is 0 Å². The highest BCUT2D eigenvalue weighted by Crippen LogP contribution is 2.38. The smallest absolute Gasteiger partial charge is 0.406 e. The van der Waals surface area contributed by atoms with Crippen LogP contribution in [0.4, 0.5) is 30.2 Å². The number of aromatic nitrogens is 1. The van der Waals surface area contributed by atoms with E-state index in [9.17, 15) is 18.4 Å². The molecule has 14 heteroatoms. The van der Waals surface area contributed by atoms with Crippen LogP contribution in [0.5, 0.6) is 5.75 Å². The molecule has 0 aliphatic carbocycles. The van der Waals surface area contributed by atoms with Crippen molar-refractivity contribution >= 4 is 51.2 Å². The average molecular weight is 712 g/mol. The zero-order valence-corrected chi connectivity index (χ0v) is 28.5. The minimum atomic E-state index is -4.81. The maximum atomic E-state index is 12.7. The van der Waals surface area contributed by atoms with Gasteiger partial charge in [-0.15, -0.1) is 18.7 Å². The van der Waals surface area contributed by atoms with Gasteiger partial charge in [-0.3, -0.25) is 14.9 Å². The molecule has 4 N–H and O–H groups in total. The van der Waals surface area contributed by atoms with Crippen molar-refractivity contribution in [2.45, 2.75) is 57.6 Å². The van der Waals surface area contributed by atoms with Gasteiger partial charge in [-0.05, 0) is 87.7 Å². The lowest BCUT2D eigenvalue weighted by molar-refractivity contribution is -0.274. The number of rotatable bonds is 8. The van der Waals surface area contributed by atoms with E-state index in [1.807, 2.05) is 30.3 Å². The predicted octanol–water partition coefficient (Wildman–Crippen LogP) is 8.64. The van der Waals surface area contributed by atoms with Crippen LogP contribution in [-0.4, -0.2) is 45.9 Å². The molecule has 3 aromatic carbocycles. The van der Waals surface area contributed by atoms with Crippen LogP contribution in [0.2, 0.25) is 10.0 Å². The minimum absolute atomic E-state index is 0.127. The molecule has 0 saturated carbocycles. The highest BCUT2D eigenvalue weighted by atomic mass is 35.5. The van der Waals surface area contributed by atoms with Crippen LogP contribution in [0.15, 0.2) is 78.8 Å². The third-order valence-corrected chi connectivity index (χ3v) is 9.18. The molecule has 0 amide bonds. The largest absolute Gasteiger partial charge is 0.573 e. The number of ether oxygens (including phenoxy) is 1. The van der Waals surface area contributed by atoms with E-state index in [2.05, 4.69) is 74.3 Å². The van der Waals surface area contributed by atoms with Gasteiger partial charge < -0.3 is 20.8 Å². The normalized spacial score (nSPS) is 16.6. The first-order chi connectivity index (χ1) is 23.3. The molecule has 1 saturated heterocycles. The number of hydrogen-bond acceptors (Lipinski definition) is 9. The standard InChI is InChI=1S/C35H35Cl2F3N8O/c1-34(2,3)47-14-12-26(13-15-47)48-20-30(45-46-48)32(21-4-6-23(36)7-5-21)44-25-16-28-31(22(18-41)19-42-33(28)29(37)17-25)43-24-8-10-27(11-9-24)49-35(38,39)40/h4-11,16-17,19-20,26,32,44-46H,12-15H2,1-3H3,(H,42,43)/t32-/m0/s1. The number of hydrogen-bond donors (Lipinski definition) is 4. The summed E-state index contributed by atoms with van der Waals surface area (Å²) in [6.07, 6.45) is 0.701. The lowest BCUT2D eigenvalue weighted by atomic mass is 9.98. The van der Waals surface area contributed by atoms with Crippen molar-refractivity contribution in [2.24, 2.45) is 0 Å². The summed E-state index contributed by atoms with van der Waals surface area (Å²) in [5, 5.41) is 20.3. The Labute approximate surface area is 292 Å². The van der Waals surface area contributed by atoms with Crippen molar-refractivity contribution in [1.29, 1.82) is 5.26 Å².